The van der Waals surface area contributed by atoms with Gasteiger partial charge in [-0.05, 0) is 139 Å². The molecule has 6 rings (SSSR count). The Morgan fingerprint density at radius 1 is 0.350 bits per heavy atom. The summed E-state index contributed by atoms with van der Waals surface area (Å²) >= 11 is 0. The second-order valence-electron chi connectivity index (χ2n) is 16.1. The van der Waals surface area contributed by atoms with E-state index >= 15 is 0 Å². The normalized spacial score (nSPS) is 10.9. The molecule has 4 nitrogen and oxygen atoms in total. The zero-order chi connectivity index (χ0) is 42.0. The highest BCUT2D eigenvalue weighted by atomic mass is 16.5. The van der Waals surface area contributed by atoms with Crippen LogP contribution in [0.2, 0.25) is 0 Å². The second-order valence-corrected chi connectivity index (χ2v) is 16.1. The van der Waals surface area contributed by atoms with Gasteiger partial charge in [0, 0.05) is 23.8 Å². The van der Waals surface area contributed by atoms with Gasteiger partial charge in [-0.15, -0.1) is 0 Å². The number of hydrogen-bond acceptors (Lipinski definition) is 4. The Hall–Kier alpha value is -5.22. The molecule has 4 aromatic carbocycles. The fourth-order valence-corrected chi connectivity index (χ4v) is 7.31. The molecule has 6 aromatic rings. The molecule has 0 saturated heterocycles. The first-order valence-electron chi connectivity index (χ1n) is 23.0. The Kier molecular flexibility index (Phi) is 20.5. The molecule has 0 N–H and O–H groups in total. The molecule has 0 radical (unpaired) electrons. The van der Waals surface area contributed by atoms with Crippen LogP contribution in [0.25, 0.3) is 22.3 Å². The third-order valence-corrected chi connectivity index (χ3v) is 11.3. The number of ether oxygens (including phenoxy) is 2. The number of nitrogens with zero attached hydrogens (tertiary/aromatic N) is 2. The maximum absolute atomic E-state index is 5.94. The van der Waals surface area contributed by atoms with Crippen molar-refractivity contribution in [1.29, 1.82) is 0 Å². The number of rotatable bonds is 24. The average Bonchev–Trinajstić information content (AvgIpc) is 3.31. The quantitative estimate of drug-likeness (QED) is 0.0572. The summed E-state index contributed by atoms with van der Waals surface area (Å²) in [7, 11) is 1.69. The van der Waals surface area contributed by atoms with E-state index in [0.29, 0.717) is 0 Å². The number of benzene rings is 4. The van der Waals surface area contributed by atoms with Crippen molar-refractivity contribution in [2.45, 2.75) is 130 Å². The van der Waals surface area contributed by atoms with Gasteiger partial charge in [-0.2, -0.15) is 0 Å². The van der Waals surface area contributed by atoms with E-state index in [1.54, 1.807) is 7.11 Å². The van der Waals surface area contributed by atoms with Crippen LogP contribution in [0.4, 0.5) is 0 Å². The van der Waals surface area contributed by atoms with Gasteiger partial charge in [-0.25, -0.2) is 0 Å². The molecule has 0 amide bonds. The van der Waals surface area contributed by atoms with Gasteiger partial charge in [0.25, 0.3) is 0 Å². The Bertz CT molecular complexity index is 2000. The van der Waals surface area contributed by atoms with Gasteiger partial charge in [0.05, 0.1) is 13.7 Å². The van der Waals surface area contributed by atoms with E-state index in [1.165, 1.54) is 120 Å². The predicted octanol–water partition coefficient (Wildman–Crippen LogP) is 14.9. The van der Waals surface area contributed by atoms with E-state index < -0.39 is 0 Å². The average molecular weight is 803 g/mol. The fourth-order valence-electron chi connectivity index (χ4n) is 7.31. The maximum atomic E-state index is 5.94. The molecule has 0 spiro atoms. The predicted molar refractivity (Wildman–Crippen MR) is 254 cm³/mol. The van der Waals surface area contributed by atoms with Crippen LogP contribution in [0.5, 0.6) is 11.5 Å². The molecule has 2 heterocycles. The summed E-state index contributed by atoms with van der Waals surface area (Å²) in [5, 5.41) is 0. The molecule has 0 aliphatic rings. The maximum Gasteiger partial charge on any atom is 0.119 e. The van der Waals surface area contributed by atoms with Crippen molar-refractivity contribution in [1.82, 2.24) is 9.97 Å². The smallest absolute Gasteiger partial charge is 0.119 e. The summed E-state index contributed by atoms with van der Waals surface area (Å²) in [6.45, 7) is 7.54. The van der Waals surface area contributed by atoms with Gasteiger partial charge in [-0.1, -0.05) is 157 Å². The SMILES string of the molecule is CCCCCCCCCOc1ccc(-c2ccc(CCc3ccc(CCCC)cn3)cc2)cc1.CCCCc1ccc(CCc2ccc(-c3ccc(OC)cc3)cc2)nc1. The Morgan fingerprint density at radius 3 is 1.13 bits per heavy atom. The van der Waals surface area contributed by atoms with Gasteiger partial charge in [0.2, 0.25) is 0 Å². The molecule has 0 fully saturated rings. The van der Waals surface area contributed by atoms with E-state index in [9.17, 15) is 0 Å². The summed E-state index contributed by atoms with van der Waals surface area (Å²) in [6.07, 6.45) is 24.5. The summed E-state index contributed by atoms with van der Waals surface area (Å²) in [4.78, 5) is 9.27. The lowest BCUT2D eigenvalue weighted by Gasteiger charge is -2.08. The highest BCUT2D eigenvalue weighted by Gasteiger charge is 2.04. The first kappa shape index (κ1) is 45.9. The van der Waals surface area contributed by atoms with Crippen LogP contribution in [0, 0.1) is 0 Å². The first-order valence-corrected chi connectivity index (χ1v) is 23.0. The van der Waals surface area contributed by atoms with Crippen LogP contribution in [0.15, 0.2) is 134 Å². The van der Waals surface area contributed by atoms with Crippen LogP contribution < -0.4 is 9.47 Å². The summed E-state index contributed by atoms with van der Waals surface area (Å²) in [5.41, 5.74) is 12.7. The minimum absolute atomic E-state index is 0.818. The van der Waals surface area contributed by atoms with Crippen molar-refractivity contribution in [3.8, 4) is 33.8 Å². The molecule has 2 aromatic heterocycles. The van der Waals surface area contributed by atoms with Crippen LogP contribution >= 0.6 is 0 Å². The third kappa shape index (κ3) is 16.4. The molecule has 60 heavy (non-hydrogen) atoms. The van der Waals surface area contributed by atoms with E-state index in [4.69, 9.17) is 9.47 Å². The Labute approximate surface area is 362 Å². The summed E-state index contributed by atoms with van der Waals surface area (Å²) in [6, 6.07) is 43.3. The van der Waals surface area contributed by atoms with Gasteiger partial charge < -0.3 is 9.47 Å². The van der Waals surface area contributed by atoms with Gasteiger partial charge in [-0.3, -0.25) is 9.97 Å². The highest BCUT2D eigenvalue weighted by Crippen LogP contribution is 2.25. The van der Waals surface area contributed by atoms with E-state index in [0.717, 1.165) is 63.1 Å². The van der Waals surface area contributed by atoms with E-state index in [2.05, 4.69) is 146 Å². The second kappa shape index (κ2) is 26.8. The molecule has 0 bridgehead atoms. The van der Waals surface area contributed by atoms with Crippen molar-refractivity contribution < 1.29 is 9.47 Å². The lowest BCUT2D eigenvalue weighted by Crippen LogP contribution is -1.97. The summed E-state index contributed by atoms with van der Waals surface area (Å²) in [5.74, 6) is 1.86. The summed E-state index contributed by atoms with van der Waals surface area (Å²) < 4.78 is 11.2. The van der Waals surface area contributed by atoms with Crippen molar-refractivity contribution in [2.75, 3.05) is 13.7 Å². The molecular weight excluding hydrogens is 733 g/mol. The van der Waals surface area contributed by atoms with Crippen molar-refractivity contribution in [3.63, 3.8) is 0 Å². The largest absolute Gasteiger partial charge is 0.497 e. The fraction of sp³-hybridized carbons (Fsp3) is 0.393. The van der Waals surface area contributed by atoms with Crippen molar-refractivity contribution in [2.24, 2.45) is 0 Å². The Balaban J connectivity index is 0.000000236. The minimum atomic E-state index is 0.818. The van der Waals surface area contributed by atoms with Gasteiger partial charge >= 0.3 is 0 Å². The lowest BCUT2D eigenvalue weighted by atomic mass is 10.0. The van der Waals surface area contributed by atoms with Crippen LogP contribution in [-0.2, 0) is 38.5 Å². The standard InChI is InChI=1S/C32H43NO.C24H27NO/c1-3-5-7-8-9-10-11-25-34-32-23-19-30(20-24-32)29-17-13-27(14-18-29)15-21-31-22-16-28(26-33-31)12-6-4-2;1-3-4-5-20-9-15-23(25-18-20)14-8-19-6-10-21(11-7-19)22-12-16-24(26-2)17-13-22/h13-14,16-20,22-24,26H,3-12,15,21,25H2,1-2H3;6-7,9-13,15-18H,3-5,8,14H2,1-2H3. The zero-order valence-electron chi connectivity index (χ0n) is 37.1. The molecule has 0 aliphatic carbocycles. The first-order chi connectivity index (χ1) is 29.6. The topological polar surface area (TPSA) is 44.2 Å². The number of aryl methyl sites for hydroxylation is 6. The molecule has 4 heteroatoms. The number of aromatic nitrogens is 2. The molecular formula is C56H70N2O2. The lowest BCUT2D eigenvalue weighted by molar-refractivity contribution is 0.304. The van der Waals surface area contributed by atoms with Gasteiger partial charge in [0.1, 0.15) is 11.5 Å². The van der Waals surface area contributed by atoms with Crippen molar-refractivity contribution >= 4 is 0 Å². The number of hydrogen-bond donors (Lipinski definition) is 0. The molecule has 0 unspecified atom stereocenters. The van der Waals surface area contributed by atoms with Crippen LogP contribution in [-0.4, -0.2) is 23.7 Å². The molecule has 0 atom stereocenters. The number of pyridine rings is 2. The van der Waals surface area contributed by atoms with Crippen LogP contribution in [0.1, 0.15) is 125 Å². The molecule has 0 saturated carbocycles. The van der Waals surface area contributed by atoms with E-state index in [1.807, 2.05) is 18.3 Å². The number of unbranched alkanes of at least 4 members (excludes halogenated alkanes) is 8. The number of methoxy groups -OCH3 is 1. The zero-order valence-corrected chi connectivity index (χ0v) is 37.1. The molecule has 316 valence electrons. The van der Waals surface area contributed by atoms with Crippen molar-refractivity contribution in [3.05, 3.63) is 167 Å². The molecule has 0 aliphatic heterocycles. The van der Waals surface area contributed by atoms with Gasteiger partial charge in [0.15, 0.2) is 0 Å². The monoisotopic (exact) mass is 803 g/mol. The Morgan fingerprint density at radius 2 is 0.733 bits per heavy atom. The van der Waals surface area contributed by atoms with E-state index in [-0.39, 0.29) is 0 Å². The highest BCUT2D eigenvalue weighted by molar-refractivity contribution is 5.65. The minimum Gasteiger partial charge on any atom is -0.497 e. The van der Waals surface area contributed by atoms with Crippen LogP contribution in [0.3, 0.4) is 0 Å². The third-order valence-electron chi connectivity index (χ3n) is 11.3.